The predicted octanol–water partition coefficient (Wildman–Crippen LogP) is 6.62. The molecule has 0 amide bonds. The van der Waals surface area contributed by atoms with Gasteiger partial charge in [0.15, 0.2) is 5.75 Å². The summed E-state index contributed by atoms with van der Waals surface area (Å²) in [6.07, 6.45) is 0.0906. The molecule has 0 fully saturated rings. The number of aromatic hydroxyl groups is 1. The molecule has 0 spiro atoms. The van der Waals surface area contributed by atoms with E-state index in [4.69, 9.17) is 27.9 Å². The Morgan fingerprint density at radius 2 is 1.61 bits per heavy atom. The molecule has 0 aromatic heterocycles. The molecule has 0 atom stereocenters. The third-order valence-electron chi connectivity index (χ3n) is 2.93. The van der Waals surface area contributed by atoms with Gasteiger partial charge < -0.3 is 15.2 Å². The average molecular weight is 484 g/mol. The van der Waals surface area contributed by atoms with E-state index in [0.29, 0.717) is 6.54 Å². The molecule has 2 aromatic carbocycles. The molecule has 0 heterocycles. The highest BCUT2D eigenvalue weighted by molar-refractivity contribution is 9.11. The quantitative estimate of drug-likeness (QED) is 0.469. The molecule has 0 aliphatic rings. The van der Waals surface area contributed by atoms with Gasteiger partial charge in [0.05, 0.1) is 25.1 Å². The van der Waals surface area contributed by atoms with E-state index >= 15 is 0 Å². The topological polar surface area (TPSA) is 41.5 Å². The fourth-order valence-electron chi connectivity index (χ4n) is 1.93. The summed E-state index contributed by atoms with van der Waals surface area (Å²) in [5.74, 6) is 0.666. The van der Waals surface area contributed by atoms with E-state index in [2.05, 4.69) is 37.2 Å². The van der Waals surface area contributed by atoms with E-state index < -0.39 is 0 Å². The van der Waals surface area contributed by atoms with Crippen molar-refractivity contribution in [3.05, 3.63) is 48.8 Å². The zero-order chi connectivity index (χ0) is 17.1. The van der Waals surface area contributed by atoms with E-state index in [0.717, 1.165) is 25.9 Å². The van der Waals surface area contributed by atoms with Crippen LogP contribution in [0.1, 0.15) is 19.4 Å². The Labute approximate surface area is 162 Å². The number of anilines is 1. The molecular weight excluding hydrogens is 469 g/mol. The standard InChI is InChI=1S/C16H15Br2Cl2NO2/c1-8(2)23-16-11(17)3-9(4-12(16)18)7-21-10-5-13(19)15(22)14(20)6-10/h3-6,8,21-22H,7H2,1-2H3. The van der Waals surface area contributed by atoms with Crippen LogP contribution in [-0.4, -0.2) is 11.2 Å². The van der Waals surface area contributed by atoms with Gasteiger partial charge in [-0.15, -0.1) is 0 Å². The minimum atomic E-state index is -0.112. The maximum absolute atomic E-state index is 9.57. The lowest BCUT2D eigenvalue weighted by Crippen LogP contribution is -2.07. The molecule has 2 rings (SSSR count). The Balaban J connectivity index is 2.15. The van der Waals surface area contributed by atoms with E-state index in [1.807, 2.05) is 26.0 Å². The van der Waals surface area contributed by atoms with Crippen molar-refractivity contribution in [2.45, 2.75) is 26.5 Å². The van der Waals surface area contributed by atoms with E-state index in [1.54, 1.807) is 12.1 Å². The van der Waals surface area contributed by atoms with Crippen molar-refractivity contribution in [3.8, 4) is 11.5 Å². The summed E-state index contributed by atoms with van der Waals surface area (Å²) in [6, 6.07) is 7.23. The van der Waals surface area contributed by atoms with Crippen LogP contribution in [0.2, 0.25) is 10.0 Å². The smallest absolute Gasteiger partial charge is 0.152 e. The van der Waals surface area contributed by atoms with Gasteiger partial charge in [-0.25, -0.2) is 0 Å². The number of halogens is 4. The number of nitrogens with one attached hydrogen (secondary N) is 1. The number of phenolic OH excluding ortho intramolecular Hbond substituents is 1. The Hall–Kier alpha value is -0.620. The molecule has 0 saturated heterocycles. The van der Waals surface area contributed by atoms with Crippen molar-refractivity contribution in [2.24, 2.45) is 0 Å². The third kappa shape index (κ3) is 4.92. The Kier molecular flexibility index (Phi) is 6.48. The van der Waals surface area contributed by atoms with E-state index in [9.17, 15) is 5.11 Å². The zero-order valence-electron chi connectivity index (χ0n) is 12.5. The lowest BCUT2D eigenvalue weighted by molar-refractivity contribution is 0.239. The molecule has 23 heavy (non-hydrogen) atoms. The van der Waals surface area contributed by atoms with Gasteiger partial charge in [-0.2, -0.15) is 0 Å². The second-order valence-electron chi connectivity index (χ2n) is 5.20. The van der Waals surface area contributed by atoms with Crippen LogP contribution >= 0.6 is 55.1 Å². The van der Waals surface area contributed by atoms with Crippen LogP contribution in [0.25, 0.3) is 0 Å². The van der Waals surface area contributed by atoms with Gasteiger partial charge in [-0.3, -0.25) is 0 Å². The first-order chi connectivity index (χ1) is 10.8. The maximum Gasteiger partial charge on any atom is 0.152 e. The van der Waals surface area contributed by atoms with Crippen molar-refractivity contribution < 1.29 is 9.84 Å². The Bertz CT molecular complexity index is 677. The molecule has 0 aliphatic carbocycles. The fraction of sp³-hybridized carbons (Fsp3) is 0.250. The number of hydrogen-bond acceptors (Lipinski definition) is 3. The molecule has 0 aliphatic heterocycles. The number of benzene rings is 2. The second-order valence-corrected chi connectivity index (χ2v) is 7.72. The summed E-state index contributed by atoms with van der Waals surface area (Å²) in [6.45, 7) is 4.52. The largest absolute Gasteiger partial charge is 0.505 e. The second kappa shape index (κ2) is 7.97. The van der Waals surface area contributed by atoms with E-state index in [-0.39, 0.29) is 21.9 Å². The first-order valence-electron chi connectivity index (χ1n) is 6.84. The molecule has 0 saturated carbocycles. The summed E-state index contributed by atoms with van der Waals surface area (Å²) >= 11 is 18.9. The minimum absolute atomic E-state index is 0.0906. The highest BCUT2D eigenvalue weighted by Gasteiger charge is 2.11. The number of hydrogen-bond donors (Lipinski definition) is 2. The van der Waals surface area contributed by atoms with Gasteiger partial charge in [-0.1, -0.05) is 23.2 Å². The monoisotopic (exact) mass is 481 g/mol. The lowest BCUT2D eigenvalue weighted by Gasteiger charge is -2.15. The summed E-state index contributed by atoms with van der Waals surface area (Å²) in [7, 11) is 0. The molecule has 2 aromatic rings. The van der Waals surface area contributed by atoms with Crippen LogP contribution in [-0.2, 0) is 6.54 Å². The van der Waals surface area contributed by atoms with Crippen LogP contribution in [0.4, 0.5) is 5.69 Å². The van der Waals surface area contributed by atoms with E-state index in [1.165, 1.54) is 0 Å². The van der Waals surface area contributed by atoms with Gasteiger partial charge in [0.1, 0.15) is 5.75 Å². The van der Waals surface area contributed by atoms with Gasteiger partial charge in [-0.05, 0) is 75.5 Å². The maximum atomic E-state index is 9.57. The predicted molar refractivity (Wildman–Crippen MR) is 103 cm³/mol. The molecular formula is C16H15Br2Cl2NO2. The molecule has 0 radical (unpaired) electrons. The van der Waals surface area contributed by atoms with Gasteiger partial charge in [0.2, 0.25) is 0 Å². The molecule has 3 nitrogen and oxygen atoms in total. The van der Waals surface area contributed by atoms with Crippen molar-refractivity contribution in [1.82, 2.24) is 0 Å². The van der Waals surface area contributed by atoms with Crippen LogP contribution < -0.4 is 10.1 Å². The number of rotatable bonds is 5. The van der Waals surface area contributed by atoms with Crippen molar-refractivity contribution >= 4 is 60.7 Å². The van der Waals surface area contributed by atoms with Gasteiger partial charge in [0, 0.05) is 12.2 Å². The number of phenols is 1. The Morgan fingerprint density at radius 3 is 2.09 bits per heavy atom. The normalized spacial score (nSPS) is 10.9. The molecule has 124 valence electrons. The molecule has 0 bridgehead atoms. The molecule has 7 heteroatoms. The van der Waals surface area contributed by atoms with Crippen LogP contribution in [0.15, 0.2) is 33.2 Å². The average Bonchev–Trinajstić information content (AvgIpc) is 2.46. The van der Waals surface area contributed by atoms with Crippen molar-refractivity contribution in [3.63, 3.8) is 0 Å². The van der Waals surface area contributed by atoms with Crippen LogP contribution in [0.5, 0.6) is 11.5 Å². The minimum Gasteiger partial charge on any atom is -0.505 e. The molecule has 0 unspecified atom stereocenters. The van der Waals surface area contributed by atoms with Crippen LogP contribution in [0, 0.1) is 0 Å². The van der Waals surface area contributed by atoms with Gasteiger partial charge in [0.25, 0.3) is 0 Å². The summed E-state index contributed by atoms with van der Waals surface area (Å²) < 4.78 is 7.51. The summed E-state index contributed by atoms with van der Waals surface area (Å²) in [5.41, 5.74) is 1.77. The summed E-state index contributed by atoms with van der Waals surface area (Å²) in [5, 5.41) is 13.2. The lowest BCUT2D eigenvalue weighted by atomic mass is 10.2. The number of ether oxygens (including phenoxy) is 1. The fourth-order valence-corrected chi connectivity index (χ4v) is 3.89. The SMILES string of the molecule is CC(C)Oc1c(Br)cc(CNc2cc(Cl)c(O)c(Cl)c2)cc1Br. The van der Waals surface area contributed by atoms with Crippen molar-refractivity contribution in [2.75, 3.05) is 5.32 Å². The zero-order valence-corrected chi connectivity index (χ0v) is 17.1. The van der Waals surface area contributed by atoms with Crippen LogP contribution in [0.3, 0.4) is 0 Å². The third-order valence-corrected chi connectivity index (χ3v) is 4.68. The molecule has 2 N–H and O–H groups in total. The highest BCUT2D eigenvalue weighted by Crippen LogP contribution is 2.37. The van der Waals surface area contributed by atoms with Crippen molar-refractivity contribution in [1.29, 1.82) is 0 Å². The Morgan fingerprint density at radius 1 is 1.09 bits per heavy atom. The first kappa shape index (κ1) is 18.7. The van der Waals surface area contributed by atoms with Gasteiger partial charge >= 0.3 is 0 Å². The summed E-state index contributed by atoms with van der Waals surface area (Å²) in [4.78, 5) is 0. The first-order valence-corrected chi connectivity index (χ1v) is 9.18. The highest BCUT2D eigenvalue weighted by atomic mass is 79.9.